The average molecular weight is 531 g/mol. The predicted molar refractivity (Wildman–Crippen MR) is 123 cm³/mol. The molecular weight excluding hydrogens is 513 g/mol. The molecule has 6 rings (SSSR count). The minimum atomic E-state index is -4.51. The van der Waals surface area contributed by atoms with Gasteiger partial charge in [0.2, 0.25) is 11.8 Å². The van der Waals surface area contributed by atoms with Crippen LogP contribution >= 0.6 is 0 Å². The van der Waals surface area contributed by atoms with Crippen molar-refractivity contribution in [3.8, 4) is 23.1 Å². The number of ether oxygens (including phenoxy) is 2. The third kappa shape index (κ3) is 4.05. The highest BCUT2D eigenvalue weighted by molar-refractivity contribution is 5.80. The SMILES string of the molecule is COc1ncc(-c2cc([C@H]3C[C@@H]3c3cc(F)c4cnn(CC(F)(F)F)c4c3)c3ncc(F)n3n2)c(OC)n1. The second kappa shape index (κ2) is 8.60. The molecule has 0 saturated heterocycles. The van der Waals surface area contributed by atoms with Crippen molar-refractivity contribution in [3.63, 3.8) is 0 Å². The van der Waals surface area contributed by atoms with Crippen molar-refractivity contribution in [2.45, 2.75) is 31.0 Å². The van der Waals surface area contributed by atoms with Crippen molar-refractivity contribution < 1.29 is 31.4 Å². The smallest absolute Gasteiger partial charge is 0.408 e. The lowest BCUT2D eigenvalue weighted by Gasteiger charge is -2.11. The van der Waals surface area contributed by atoms with Gasteiger partial charge in [0.1, 0.15) is 12.4 Å². The third-order valence-electron chi connectivity index (χ3n) is 6.52. The molecular formula is C24H18F5N7O2. The first kappa shape index (κ1) is 24.0. The Kier molecular flexibility index (Phi) is 5.43. The number of fused-ring (bicyclic) bond motifs is 2. The van der Waals surface area contributed by atoms with E-state index in [2.05, 4.69) is 25.1 Å². The van der Waals surface area contributed by atoms with E-state index in [0.717, 1.165) is 21.6 Å². The summed E-state index contributed by atoms with van der Waals surface area (Å²) in [7, 11) is 2.81. The predicted octanol–water partition coefficient (Wildman–Crippen LogP) is 4.66. The maximum Gasteiger partial charge on any atom is 0.408 e. The number of hydrogen-bond donors (Lipinski definition) is 0. The normalized spacial score (nSPS) is 17.3. The first-order valence-corrected chi connectivity index (χ1v) is 11.4. The lowest BCUT2D eigenvalue weighted by atomic mass is 10.0. The van der Waals surface area contributed by atoms with Crippen LogP contribution in [-0.2, 0) is 6.54 Å². The van der Waals surface area contributed by atoms with E-state index in [9.17, 15) is 22.0 Å². The summed E-state index contributed by atoms with van der Waals surface area (Å²) in [4.78, 5) is 12.4. The fourth-order valence-corrected chi connectivity index (χ4v) is 4.72. The van der Waals surface area contributed by atoms with Crippen LogP contribution < -0.4 is 9.47 Å². The minimum Gasteiger partial charge on any atom is -0.480 e. The Bertz CT molecular complexity index is 1700. The van der Waals surface area contributed by atoms with E-state index in [4.69, 9.17) is 9.47 Å². The van der Waals surface area contributed by atoms with Crippen LogP contribution in [0.25, 0.3) is 27.8 Å². The highest BCUT2D eigenvalue weighted by Crippen LogP contribution is 2.56. The fourth-order valence-electron chi connectivity index (χ4n) is 4.72. The number of aromatic nitrogens is 7. The molecule has 1 aliphatic rings. The Balaban J connectivity index is 1.42. The minimum absolute atomic E-state index is 0.00529. The van der Waals surface area contributed by atoms with E-state index in [1.807, 2.05) is 0 Å². The van der Waals surface area contributed by atoms with Crippen LogP contribution in [0.1, 0.15) is 29.4 Å². The van der Waals surface area contributed by atoms with Crippen LogP contribution in [-0.4, -0.2) is 54.7 Å². The molecule has 0 bridgehead atoms. The molecule has 2 atom stereocenters. The van der Waals surface area contributed by atoms with Crippen molar-refractivity contribution in [2.75, 3.05) is 14.2 Å². The number of benzene rings is 1. The molecule has 1 fully saturated rings. The second-order valence-electron chi connectivity index (χ2n) is 8.88. The quantitative estimate of drug-likeness (QED) is 0.294. The summed E-state index contributed by atoms with van der Waals surface area (Å²) in [5, 5.41) is 8.05. The molecule has 9 nitrogen and oxygen atoms in total. The summed E-state index contributed by atoms with van der Waals surface area (Å²) in [6, 6.07) is 4.61. The Morgan fingerprint density at radius 1 is 1.00 bits per heavy atom. The number of nitrogens with zero attached hydrogens (tertiary/aromatic N) is 7. The number of alkyl halides is 3. The molecule has 1 aliphatic carbocycles. The molecule has 0 aliphatic heterocycles. The lowest BCUT2D eigenvalue weighted by Crippen LogP contribution is -2.18. The van der Waals surface area contributed by atoms with Crippen molar-refractivity contribution >= 4 is 16.6 Å². The summed E-state index contributed by atoms with van der Waals surface area (Å²) in [5.74, 6) is -1.66. The highest BCUT2D eigenvalue weighted by atomic mass is 19.4. The van der Waals surface area contributed by atoms with Gasteiger partial charge >= 0.3 is 12.2 Å². The third-order valence-corrected chi connectivity index (χ3v) is 6.52. The summed E-state index contributed by atoms with van der Waals surface area (Å²) in [5.41, 5.74) is 2.15. The van der Waals surface area contributed by atoms with Gasteiger partial charge in [0.25, 0.3) is 0 Å². The molecule has 196 valence electrons. The molecule has 14 heteroatoms. The zero-order valence-corrected chi connectivity index (χ0v) is 19.9. The van der Waals surface area contributed by atoms with E-state index in [0.29, 0.717) is 28.8 Å². The Labute approximate surface area is 210 Å². The maximum atomic E-state index is 14.8. The molecule has 0 spiro atoms. The monoisotopic (exact) mass is 531 g/mol. The molecule has 1 aromatic carbocycles. The number of imidazole rings is 1. The van der Waals surface area contributed by atoms with E-state index in [1.54, 1.807) is 6.07 Å². The zero-order valence-electron chi connectivity index (χ0n) is 19.9. The number of rotatable bonds is 6. The molecule has 0 unspecified atom stereocenters. The molecule has 0 radical (unpaired) electrons. The van der Waals surface area contributed by atoms with Crippen LogP contribution in [0.15, 0.2) is 36.8 Å². The molecule has 5 aromatic rings. The van der Waals surface area contributed by atoms with Gasteiger partial charge in [-0.25, -0.2) is 14.4 Å². The van der Waals surface area contributed by atoms with Gasteiger partial charge in [0, 0.05) is 11.8 Å². The highest BCUT2D eigenvalue weighted by Gasteiger charge is 2.42. The van der Waals surface area contributed by atoms with Crippen molar-refractivity contribution in [2.24, 2.45) is 0 Å². The van der Waals surface area contributed by atoms with E-state index < -0.39 is 24.5 Å². The van der Waals surface area contributed by atoms with Crippen LogP contribution in [0.2, 0.25) is 0 Å². The first-order chi connectivity index (χ1) is 18.2. The Morgan fingerprint density at radius 3 is 2.55 bits per heavy atom. The summed E-state index contributed by atoms with van der Waals surface area (Å²) in [6.45, 7) is -1.33. The van der Waals surface area contributed by atoms with Crippen molar-refractivity contribution in [1.29, 1.82) is 0 Å². The summed E-state index contributed by atoms with van der Waals surface area (Å²) >= 11 is 0. The first-order valence-electron chi connectivity index (χ1n) is 11.4. The maximum absolute atomic E-state index is 14.8. The standard InChI is InChI=1S/C24H18F5N7O2/c1-37-22-16(7-31-23(33-22)38-2)18-6-14(21-30-9-20(26)36(21)34-18)13-5-12(13)11-3-17(25)15-8-32-35(19(15)4-11)10-24(27,28)29/h3-4,6-9,12-13H,5,10H2,1-2H3/t12-,13+/m1/s1. The molecule has 4 heterocycles. The topological polar surface area (TPSA) is 92.3 Å². The van der Waals surface area contributed by atoms with E-state index in [1.165, 1.54) is 32.5 Å². The summed E-state index contributed by atoms with van der Waals surface area (Å²) < 4.78 is 80.6. The van der Waals surface area contributed by atoms with Crippen LogP contribution in [0.3, 0.4) is 0 Å². The van der Waals surface area contributed by atoms with Crippen LogP contribution in [0.4, 0.5) is 22.0 Å². The Morgan fingerprint density at radius 2 is 1.82 bits per heavy atom. The number of hydrogen-bond acceptors (Lipinski definition) is 7. The van der Waals surface area contributed by atoms with Crippen molar-refractivity contribution in [3.05, 3.63) is 59.7 Å². The second-order valence-corrected chi connectivity index (χ2v) is 8.88. The van der Waals surface area contributed by atoms with E-state index >= 15 is 0 Å². The summed E-state index contributed by atoms with van der Waals surface area (Å²) in [6.07, 6.45) is -0.407. The van der Waals surface area contributed by atoms with Gasteiger partial charge in [-0.05, 0) is 42.0 Å². The zero-order chi connectivity index (χ0) is 26.8. The van der Waals surface area contributed by atoms with Crippen LogP contribution in [0.5, 0.6) is 11.9 Å². The van der Waals surface area contributed by atoms with Crippen molar-refractivity contribution in [1.82, 2.24) is 34.3 Å². The Hall–Kier alpha value is -4.36. The lowest BCUT2D eigenvalue weighted by molar-refractivity contribution is -0.141. The average Bonchev–Trinajstić information content (AvgIpc) is 3.47. The van der Waals surface area contributed by atoms with E-state index in [-0.39, 0.29) is 40.3 Å². The van der Waals surface area contributed by atoms with Crippen LogP contribution in [0, 0.1) is 11.8 Å². The van der Waals surface area contributed by atoms with Gasteiger partial charge in [-0.3, -0.25) is 4.68 Å². The largest absolute Gasteiger partial charge is 0.480 e. The fraction of sp³-hybridized carbons (Fsp3) is 0.292. The van der Waals surface area contributed by atoms with Gasteiger partial charge in [0.05, 0.1) is 48.8 Å². The number of halogens is 5. The van der Waals surface area contributed by atoms with Gasteiger partial charge in [-0.15, -0.1) is 0 Å². The van der Waals surface area contributed by atoms with Gasteiger partial charge in [-0.2, -0.15) is 37.3 Å². The van der Waals surface area contributed by atoms with Gasteiger partial charge < -0.3 is 9.47 Å². The van der Waals surface area contributed by atoms with Gasteiger partial charge in [0.15, 0.2) is 5.65 Å². The molecule has 0 amide bonds. The molecule has 1 saturated carbocycles. The van der Waals surface area contributed by atoms with Gasteiger partial charge in [-0.1, -0.05) is 0 Å². The molecule has 38 heavy (non-hydrogen) atoms. The molecule has 0 N–H and O–H groups in total. The number of methoxy groups -OCH3 is 2. The molecule has 4 aromatic heterocycles.